The highest BCUT2D eigenvalue weighted by molar-refractivity contribution is 7.18. The molecule has 9 heteroatoms. The Morgan fingerprint density at radius 3 is 2.87 bits per heavy atom. The van der Waals surface area contributed by atoms with Crippen molar-refractivity contribution in [3.8, 4) is 6.07 Å². The fraction of sp³-hybridized carbons (Fsp3) is 0.381. The van der Waals surface area contributed by atoms with Crippen LogP contribution < -0.4 is 15.8 Å². The van der Waals surface area contributed by atoms with E-state index in [0.717, 1.165) is 16.3 Å². The maximum Gasteiger partial charge on any atom is 0.271 e. The Morgan fingerprint density at radius 2 is 2.20 bits per heavy atom. The molecule has 1 fully saturated rings. The molecule has 0 saturated carbocycles. The van der Waals surface area contributed by atoms with E-state index in [1.54, 1.807) is 19.2 Å². The summed E-state index contributed by atoms with van der Waals surface area (Å²) in [5.74, 6) is -0.227. The molecule has 1 aliphatic rings. The zero-order chi connectivity index (χ0) is 21.6. The summed E-state index contributed by atoms with van der Waals surface area (Å²) >= 11 is 7.29. The smallest absolute Gasteiger partial charge is 0.271 e. The first-order valence-corrected chi connectivity index (χ1v) is 10.9. The number of nitrogens with zero attached hydrogens (tertiary/aromatic N) is 4. The number of hydrogen-bond donors (Lipinski definition) is 1. The number of halogens is 2. The average molecular weight is 446 g/mol. The third kappa shape index (κ3) is 3.53. The normalized spacial score (nSPS) is 19.1. The van der Waals surface area contributed by atoms with Crippen molar-refractivity contribution in [2.75, 3.05) is 23.3 Å². The summed E-state index contributed by atoms with van der Waals surface area (Å²) < 4.78 is 15.7. The molecule has 30 heavy (non-hydrogen) atoms. The number of thiazole rings is 1. The molecule has 3 aromatic rings. The van der Waals surface area contributed by atoms with Crippen molar-refractivity contribution in [3.63, 3.8) is 0 Å². The minimum Gasteiger partial charge on any atom is -0.380 e. The summed E-state index contributed by atoms with van der Waals surface area (Å²) in [6.45, 7) is 5.23. The summed E-state index contributed by atoms with van der Waals surface area (Å²) in [6, 6.07) is 6.75. The van der Waals surface area contributed by atoms with Crippen LogP contribution in [0.25, 0.3) is 10.3 Å². The van der Waals surface area contributed by atoms with Crippen LogP contribution in [0.15, 0.2) is 23.0 Å². The second-order valence-electron chi connectivity index (χ2n) is 7.67. The number of nitriles is 1. The number of rotatable bonds is 3. The van der Waals surface area contributed by atoms with E-state index in [0.29, 0.717) is 35.0 Å². The Kier molecular flexibility index (Phi) is 5.43. The molecule has 0 bridgehead atoms. The zero-order valence-electron chi connectivity index (χ0n) is 16.9. The third-order valence-corrected chi connectivity index (χ3v) is 6.89. The largest absolute Gasteiger partial charge is 0.380 e. The number of pyridine rings is 1. The Bertz CT molecular complexity index is 1230. The van der Waals surface area contributed by atoms with E-state index in [9.17, 15) is 14.4 Å². The topological polar surface area (TPSA) is 74.0 Å². The highest BCUT2D eigenvalue weighted by atomic mass is 35.5. The summed E-state index contributed by atoms with van der Waals surface area (Å²) in [5, 5.41) is 14.2. The summed E-state index contributed by atoms with van der Waals surface area (Å²) in [6.07, 6.45) is 0.730. The molecule has 1 N–H and O–H groups in total. The lowest BCUT2D eigenvalue weighted by Gasteiger charge is -2.39. The van der Waals surface area contributed by atoms with Gasteiger partial charge in [-0.2, -0.15) is 5.26 Å². The molecule has 4 rings (SSSR count). The van der Waals surface area contributed by atoms with Gasteiger partial charge in [0.2, 0.25) is 0 Å². The highest BCUT2D eigenvalue weighted by Gasteiger charge is 2.31. The first-order valence-electron chi connectivity index (χ1n) is 9.67. The minimum atomic E-state index is -0.380. The molecule has 0 amide bonds. The molecule has 0 aliphatic carbocycles. The average Bonchev–Trinajstić information content (AvgIpc) is 3.09. The fourth-order valence-corrected chi connectivity index (χ4v) is 5.09. The predicted molar refractivity (Wildman–Crippen MR) is 119 cm³/mol. The molecule has 2 aromatic heterocycles. The van der Waals surface area contributed by atoms with E-state index >= 15 is 0 Å². The van der Waals surface area contributed by atoms with Crippen LogP contribution in [-0.2, 0) is 7.05 Å². The van der Waals surface area contributed by atoms with Crippen molar-refractivity contribution in [1.29, 1.82) is 5.26 Å². The van der Waals surface area contributed by atoms with Gasteiger partial charge in [-0.3, -0.25) is 4.79 Å². The minimum absolute atomic E-state index is 0.0571. The molecule has 1 saturated heterocycles. The van der Waals surface area contributed by atoms with Gasteiger partial charge in [0.1, 0.15) is 27.8 Å². The van der Waals surface area contributed by atoms with Crippen LogP contribution in [-0.4, -0.2) is 28.7 Å². The SMILES string of the molecule is Cc1nc2c(N3CC[C@@H](Nc4ccc(Cl)cc4F)[C@@H](C)C3)c(C#N)c(=O)n(C)c2s1. The van der Waals surface area contributed by atoms with Gasteiger partial charge in [0.05, 0.1) is 16.4 Å². The van der Waals surface area contributed by atoms with Crippen LogP contribution in [0.5, 0.6) is 0 Å². The molecule has 1 aliphatic heterocycles. The van der Waals surface area contributed by atoms with Crippen LogP contribution in [0.4, 0.5) is 15.8 Å². The number of fused-ring (bicyclic) bond motifs is 1. The number of hydrogen-bond acceptors (Lipinski definition) is 6. The van der Waals surface area contributed by atoms with Gasteiger partial charge in [-0.15, -0.1) is 11.3 Å². The van der Waals surface area contributed by atoms with Crippen molar-refractivity contribution in [1.82, 2.24) is 9.55 Å². The van der Waals surface area contributed by atoms with Crippen molar-refractivity contribution < 1.29 is 4.39 Å². The summed E-state index contributed by atoms with van der Waals surface area (Å²) in [7, 11) is 1.67. The van der Waals surface area contributed by atoms with Crippen LogP contribution >= 0.6 is 22.9 Å². The molecule has 156 valence electrons. The van der Waals surface area contributed by atoms with Gasteiger partial charge < -0.3 is 14.8 Å². The lowest BCUT2D eigenvalue weighted by atomic mass is 9.92. The zero-order valence-corrected chi connectivity index (χ0v) is 18.4. The van der Waals surface area contributed by atoms with Gasteiger partial charge >= 0.3 is 0 Å². The molecule has 6 nitrogen and oxygen atoms in total. The second kappa shape index (κ2) is 7.89. The summed E-state index contributed by atoms with van der Waals surface area (Å²) in [4.78, 5) is 20.2. The van der Waals surface area contributed by atoms with Gasteiger partial charge in [-0.05, 0) is 37.5 Å². The number of benzene rings is 1. The van der Waals surface area contributed by atoms with Gasteiger partial charge in [0.25, 0.3) is 5.56 Å². The molecule has 1 aromatic carbocycles. The summed E-state index contributed by atoms with van der Waals surface area (Å²) in [5.41, 5.74) is 1.55. The molecule has 0 unspecified atom stereocenters. The molecule has 2 atom stereocenters. The number of nitrogens with one attached hydrogen (secondary N) is 1. The molecule has 3 heterocycles. The van der Waals surface area contributed by atoms with Crippen LogP contribution in [0.3, 0.4) is 0 Å². The lowest BCUT2D eigenvalue weighted by molar-refractivity contribution is 0.403. The maximum atomic E-state index is 14.2. The van der Waals surface area contributed by atoms with E-state index in [2.05, 4.69) is 28.2 Å². The number of aryl methyl sites for hydroxylation is 2. The second-order valence-corrected chi connectivity index (χ2v) is 9.29. The van der Waals surface area contributed by atoms with Crippen molar-refractivity contribution >= 4 is 44.7 Å². The van der Waals surface area contributed by atoms with Crippen LogP contribution in [0.1, 0.15) is 23.9 Å². The lowest BCUT2D eigenvalue weighted by Crippen LogP contribution is -2.46. The van der Waals surface area contributed by atoms with Crippen LogP contribution in [0.2, 0.25) is 5.02 Å². The third-order valence-electron chi connectivity index (χ3n) is 5.61. The molecular weight excluding hydrogens is 425 g/mol. The van der Waals surface area contributed by atoms with E-state index < -0.39 is 0 Å². The van der Waals surface area contributed by atoms with Gasteiger partial charge in [0.15, 0.2) is 0 Å². The van der Waals surface area contributed by atoms with E-state index in [1.165, 1.54) is 22.0 Å². The predicted octanol–water partition coefficient (Wildman–Crippen LogP) is 4.29. The Labute approximate surface area is 182 Å². The molecule has 0 radical (unpaired) electrons. The van der Waals surface area contributed by atoms with E-state index in [4.69, 9.17) is 11.6 Å². The van der Waals surface area contributed by atoms with Crippen molar-refractivity contribution in [2.24, 2.45) is 13.0 Å². The highest BCUT2D eigenvalue weighted by Crippen LogP contribution is 2.34. The maximum absolute atomic E-state index is 14.2. The Hall–Kier alpha value is -2.63. The van der Waals surface area contributed by atoms with Crippen LogP contribution in [0, 0.1) is 30.0 Å². The van der Waals surface area contributed by atoms with Gasteiger partial charge in [-0.25, -0.2) is 9.37 Å². The van der Waals surface area contributed by atoms with Gasteiger partial charge in [-0.1, -0.05) is 18.5 Å². The monoisotopic (exact) mass is 445 g/mol. The number of anilines is 2. The standard InChI is InChI=1S/C21H21ClFN5OS/c1-11-10-28(7-6-16(11)26-17-5-4-13(22)8-15(17)23)19-14(9-24)20(29)27(3)21-18(19)25-12(2)30-21/h4-5,8,11,16,26H,6-7,10H2,1-3H3/t11-,16+/m0/s1. The Balaban J connectivity index is 1.65. The molecular formula is C21H21ClFN5OS. The van der Waals surface area contributed by atoms with Gasteiger partial charge in [0, 0.05) is 31.2 Å². The van der Waals surface area contributed by atoms with E-state index in [1.807, 2.05) is 6.92 Å². The van der Waals surface area contributed by atoms with Crippen molar-refractivity contribution in [3.05, 3.63) is 50.0 Å². The number of aromatic nitrogens is 2. The number of piperidine rings is 1. The first kappa shape index (κ1) is 20.6. The fourth-order valence-electron chi connectivity index (χ4n) is 4.06. The quantitative estimate of drug-likeness (QED) is 0.650. The molecule has 0 spiro atoms. The van der Waals surface area contributed by atoms with E-state index in [-0.39, 0.29) is 28.9 Å². The first-order chi connectivity index (χ1) is 14.3. The Morgan fingerprint density at radius 1 is 1.43 bits per heavy atom. The van der Waals surface area contributed by atoms with Crippen molar-refractivity contribution in [2.45, 2.75) is 26.3 Å².